The number of phenolic OH excluding ortho intramolecular Hbond substituents is 2. The summed E-state index contributed by atoms with van der Waals surface area (Å²) in [5, 5.41) is 23.2. The molecule has 16 nitrogen and oxygen atoms in total. The van der Waals surface area contributed by atoms with Gasteiger partial charge in [-0.05, 0) is 122 Å². The van der Waals surface area contributed by atoms with E-state index in [0.29, 0.717) is 122 Å². The van der Waals surface area contributed by atoms with Gasteiger partial charge < -0.3 is 48.4 Å². The average Bonchev–Trinajstić information content (AvgIpc) is 1.14. The molecule has 0 spiro atoms. The first-order valence-corrected chi connectivity index (χ1v) is 30.9. The van der Waals surface area contributed by atoms with E-state index in [9.17, 15) is 27.8 Å². The number of benzene rings is 6. The molecule has 488 valence electrons. The van der Waals surface area contributed by atoms with Crippen LogP contribution in [0.1, 0.15) is 63.5 Å². The van der Waals surface area contributed by atoms with Gasteiger partial charge in [-0.15, -0.1) is 12.8 Å². The Morgan fingerprint density at radius 1 is 0.576 bits per heavy atom. The summed E-state index contributed by atoms with van der Waals surface area (Å²) in [5.74, 6) is 3.00. The van der Waals surface area contributed by atoms with Crippen LogP contribution in [0.2, 0.25) is 0 Å². The van der Waals surface area contributed by atoms with Crippen LogP contribution in [-0.2, 0) is 18.9 Å². The number of phenols is 2. The number of ether oxygens (including phenoxy) is 6. The Hall–Kier alpha value is -8.22. The standard InChI is InChI=1S/C27H23F2N3O4.C25H19F2N3O3.2C7H12FN.C2H6O.C2H6/c1-4-18-22(28)8-5-15-11-17(33)12-21(23(15)18)19-6-7-20-25(24(19)29)30-27(35-3)31-26(20)32-9-10-36-14-16(32)13-34-2;1-3-16-20(26)7-4-14-12-15(31)13-19(21(14)16)17-5-6-18-23(22(17)27)28-25(32-2)29-24(18)30-8-10-33-11-9-30;2*8-6-4-7-2-1-3-9(7)5-6;1-3-2;1-2/h1,5-8,11-12,16,33H,9-10,13-14H2,2-3H3;1,4-7,12-13,31H,8-11H2,2H3;2*6-7H,1-5H2;1-2H3;1-2H3. The van der Waals surface area contributed by atoms with Crippen molar-refractivity contribution in [3.05, 3.63) is 107 Å². The third-order valence-electron chi connectivity index (χ3n) is 17.0. The van der Waals surface area contributed by atoms with Crippen molar-refractivity contribution in [2.24, 2.45) is 0 Å². The Labute approximate surface area is 532 Å². The van der Waals surface area contributed by atoms with E-state index in [1.54, 1.807) is 45.6 Å². The Morgan fingerprint density at radius 3 is 1.48 bits per heavy atom. The van der Waals surface area contributed by atoms with Crippen LogP contribution in [0.25, 0.3) is 65.6 Å². The highest BCUT2D eigenvalue weighted by Gasteiger charge is 2.36. The van der Waals surface area contributed by atoms with Gasteiger partial charge in [-0.25, -0.2) is 26.3 Å². The van der Waals surface area contributed by atoms with E-state index < -0.39 is 35.6 Å². The highest BCUT2D eigenvalue weighted by molar-refractivity contribution is 6.05. The van der Waals surface area contributed by atoms with Gasteiger partial charge in [-0.3, -0.25) is 9.80 Å². The van der Waals surface area contributed by atoms with E-state index in [1.807, 2.05) is 23.6 Å². The monoisotopic (exact) mass is 1270 g/mol. The molecule has 0 radical (unpaired) electrons. The number of halogens is 6. The number of rotatable bonds is 8. The Morgan fingerprint density at radius 2 is 1.03 bits per heavy atom. The number of methoxy groups -OCH3 is 4. The summed E-state index contributed by atoms with van der Waals surface area (Å²) < 4.78 is 118. The van der Waals surface area contributed by atoms with Crippen molar-refractivity contribution in [1.82, 2.24) is 29.7 Å². The predicted molar refractivity (Wildman–Crippen MR) is 346 cm³/mol. The molecular weight excluding hydrogens is 1190 g/mol. The fourth-order valence-electron chi connectivity index (χ4n) is 13.0. The second-order valence-electron chi connectivity index (χ2n) is 22.7. The third kappa shape index (κ3) is 14.8. The molecule has 8 aromatic rings. The molecule has 8 heterocycles. The van der Waals surface area contributed by atoms with Gasteiger partial charge in [0.25, 0.3) is 0 Å². The van der Waals surface area contributed by atoms with Crippen molar-refractivity contribution in [2.75, 3.05) is 124 Å². The van der Waals surface area contributed by atoms with Crippen molar-refractivity contribution >= 4 is 55.0 Å². The molecule has 6 aliphatic rings. The molecule has 0 amide bonds. The number of aromatic hydroxyl groups is 2. The van der Waals surface area contributed by atoms with E-state index in [4.69, 9.17) is 36.5 Å². The lowest BCUT2D eigenvalue weighted by molar-refractivity contribution is 0.0599. The average molecular weight is 1270 g/mol. The molecule has 0 bridgehead atoms. The van der Waals surface area contributed by atoms with Gasteiger partial charge in [0.1, 0.15) is 58.1 Å². The summed E-state index contributed by atoms with van der Waals surface area (Å²) in [5.41, 5.74) is 0.798. The van der Waals surface area contributed by atoms with E-state index in [0.717, 1.165) is 25.9 Å². The zero-order valence-corrected chi connectivity index (χ0v) is 52.9. The van der Waals surface area contributed by atoms with Crippen molar-refractivity contribution in [3.8, 4) is 70.5 Å². The number of morpholine rings is 2. The van der Waals surface area contributed by atoms with Crippen LogP contribution in [-0.4, -0.2) is 185 Å². The minimum atomic E-state index is -0.676. The van der Waals surface area contributed by atoms with Gasteiger partial charge >= 0.3 is 12.0 Å². The Bertz CT molecular complexity index is 3930. The second kappa shape index (κ2) is 31.4. The molecule has 0 aliphatic carbocycles. The van der Waals surface area contributed by atoms with Gasteiger partial charge in [-0.2, -0.15) is 19.9 Å². The smallest absolute Gasteiger partial charge is 0.318 e. The summed E-state index contributed by atoms with van der Waals surface area (Å²) in [7, 11) is 7.67. The molecule has 5 atom stereocenters. The molecule has 92 heavy (non-hydrogen) atoms. The minimum Gasteiger partial charge on any atom is -0.508 e. The first-order chi connectivity index (χ1) is 44.6. The maximum atomic E-state index is 16.2. The van der Waals surface area contributed by atoms with Gasteiger partial charge in [0, 0.05) is 98.8 Å². The van der Waals surface area contributed by atoms with E-state index >= 15 is 8.78 Å². The second-order valence-corrected chi connectivity index (χ2v) is 22.7. The van der Waals surface area contributed by atoms with Crippen LogP contribution in [0.3, 0.4) is 0 Å². The fourth-order valence-corrected chi connectivity index (χ4v) is 13.0. The summed E-state index contributed by atoms with van der Waals surface area (Å²) in [6.07, 6.45) is 16.8. The molecule has 6 aliphatic heterocycles. The maximum absolute atomic E-state index is 16.2. The lowest BCUT2D eigenvalue weighted by Gasteiger charge is -2.36. The molecule has 6 fully saturated rings. The van der Waals surface area contributed by atoms with E-state index in [1.165, 1.54) is 88.4 Å². The predicted octanol–water partition coefficient (Wildman–Crippen LogP) is 12.2. The fraction of sp³-hybridized carbons (Fsp3) is 0.429. The SMILES string of the molecule is C#Cc1c(F)ccc2cc(O)cc(-c3ccc4c(N5CCOCC5)nc(OC)nc4c3F)c12.C#Cc1c(F)ccc2cc(O)cc(-c3ccc4c(N5CCOCC5COC)nc(OC)nc4c3F)c12.CC.COC.FC1CC2CCCN2C1.FC1CC2CCCN2C1. The molecule has 2 aromatic heterocycles. The summed E-state index contributed by atoms with van der Waals surface area (Å²) >= 11 is 0. The summed E-state index contributed by atoms with van der Waals surface area (Å²) in [4.78, 5) is 26.1. The summed E-state index contributed by atoms with van der Waals surface area (Å²) in [6.45, 7) is 11.8. The maximum Gasteiger partial charge on any atom is 0.318 e. The molecule has 5 unspecified atom stereocenters. The molecule has 6 saturated heterocycles. The van der Waals surface area contributed by atoms with Crippen molar-refractivity contribution in [3.63, 3.8) is 0 Å². The number of anilines is 2. The summed E-state index contributed by atoms with van der Waals surface area (Å²) in [6, 6.07) is 18.7. The third-order valence-corrected chi connectivity index (χ3v) is 17.0. The number of aromatic nitrogens is 4. The van der Waals surface area contributed by atoms with Crippen molar-refractivity contribution in [2.45, 2.75) is 82.8 Å². The van der Waals surface area contributed by atoms with Crippen LogP contribution in [0.5, 0.6) is 23.5 Å². The van der Waals surface area contributed by atoms with E-state index in [-0.39, 0.29) is 74.0 Å². The van der Waals surface area contributed by atoms with Crippen LogP contribution in [0.15, 0.2) is 72.8 Å². The lowest BCUT2D eigenvalue weighted by atomic mass is 9.93. The topological polar surface area (TPSA) is 160 Å². The first kappa shape index (κ1) is 68.2. The van der Waals surface area contributed by atoms with Crippen molar-refractivity contribution in [1.29, 1.82) is 0 Å². The van der Waals surface area contributed by atoms with Crippen molar-refractivity contribution < 1.29 is 65.0 Å². The van der Waals surface area contributed by atoms with Gasteiger partial charge in [0.15, 0.2) is 11.6 Å². The largest absolute Gasteiger partial charge is 0.508 e. The number of alkyl halides is 2. The molecule has 0 saturated carbocycles. The highest BCUT2D eigenvalue weighted by Crippen LogP contribution is 2.43. The number of hydrogen-bond acceptors (Lipinski definition) is 16. The number of nitrogens with zero attached hydrogens (tertiary/aromatic N) is 8. The zero-order chi connectivity index (χ0) is 65.8. The van der Waals surface area contributed by atoms with E-state index in [2.05, 4.69) is 46.3 Å². The van der Waals surface area contributed by atoms with Gasteiger partial charge in [0.2, 0.25) is 0 Å². The molecule has 22 heteroatoms. The number of fused-ring (bicyclic) bond motifs is 6. The van der Waals surface area contributed by atoms with Crippen LogP contribution < -0.4 is 19.3 Å². The quantitative estimate of drug-likeness (QED) is 0.109. The number of terminal acetylenes is 2. The molecule has 2 N–H and O–H groups in total. The van der Waals surface area contributed by atoms with Crippen LogP contribution >= 0.6 is 0 Å². The first-order valence-electron chi connectivity index (χ1n) is 30.9. The zero-order valence-electron chi connectivity index (χ0n) is 52.9. The normalized spacial score (nSPS) is 20.0. The number of hydrogen-bond donors (Lipinski definition) is 2. The Balaban J connectivity index is 0.000000162. The molecule has 6 aromatic carbocycles. The molecular formula is C70H78F6N8O8. The van der Waals surface area contributed by atoms with Crippen LogP contribution in [0.4, 0.5) is 38.0 Å². The lowest BCUT2D eigenvalue weighted by Crippen LogP contribution is -2.48. The Kier molecular flexibility index (Phi) is 23.3. The van der Waals surface area contributed by atoms with Crippen LogP contribution in [0, 0.1) is 48.0 Å². The highest BCUT2D eigenvalue weighted by atomic mass is 19.2. The van der Waals surface area contributed by atoms with Gasteiger partial charge in [0.05, 0.1) is 64.4 Å². The minimum absolute atomic E-state index is 0.00345. The van der Waals surface area contributed by atoms with Gasteiger partial charge in [-0.1, -0.05) is 50.0 Å². The molecule has 14 rings (SSSR count).